The van der Waals surface area contributed by atoms with Crippen molar-refractivity contribution in [2.75, 3.05) is 6.54 Å². The lowest BCUT2D eigenvalue weighted by atomic mass is 9.86. The number of nitrogens with two attached hydrogens (primary N) is 1. The van der Waals surface area contributed by atoms with Gasteiger partial charge in [0, 0.05) is 10.4 Å². The van der Waals surface area contributed by atoms with Gasteiger partial charge in [0.2, 0.25) is 0 Å². The van der Waals surface area contributed by atoms with E-state index in [0.717, 1.165) is 18.5 Å². The molecule has 0 aliphatic carbocycles. The summed E-state index contributed by atoms with van der Waals surface area (Å²) in [6, 6.07) is 8.81. The van der Waals surface area contributed by atoms with E-state index in [4.69, 9.17) is 10.7 Å². The summed E-state index contributed by atoms with van der Waals surface area (Å²) in [5.74, 6) is 0. The van der Waals surface area contributed by atoms with Gasteiger partial charge >= 0.3 is 0 Å². The molecule has 1 heterocycles. The Morgan fingerprint density at radius 2 is 1.80 bits per heavy atom. The zero-order chi connectivity index (χ0) is 14.8. The first-order valence-corrected chi connectivity index (χ1v) is 8.07. The molecule has 2 nitrogen and oxygen atoms in total. The Morgan fingerprint density at radius 1 is 1.15 bits per heavy atom. The molecule has 0 saturated carbocycles. The van der Waals surface area contributed by atoms with Crippen LogP contribution in [0.5, 0.6) is 0 Å². The summed E-state index contributed by atoms with van der Waals surface area (Å²) in [6.45, 7) is 9.54. The molecule has 0 aliphatic heterocycles. The van der Waals surface area contributed by atoms with Crippen LogP contribution in [0.3, 0.4) is 0 Å². The van der Waals surface area contributed by atoms with Crippen molar-refractivity contribution >= 4 is 11.3 Å². The number of aryl methyl sites for hydroxylation is 1. The van der Waals surface area contributed by atoms with Crippen molar-refractivity contribution < 1.29 is 0 Å². The predicted molar refractivity (Wildman–Crippen MR) is 88.4 cm³/mol. The fraction of sp³-hybridized carbons (Fsp3) is 0.471. The van der Waals surface area contributed by atoms with Crippen LogP contribution < -0.4 is 5.73 Å². The van der Waals surface area contributed by atoms with Crippen LogP contribution in [0, 0.1) is 0 Å². The normalized spacial score (nSPS) is 11.8. The number of hydrogen-bond donors (Lipinski definition) is 1. The second kappa shape index (κ2) is 6.06. The summed E-state index contributed by atoms with van der Waals surface area (Å²) in [5, 5.41) is 1.20. The van der Waals surface area contributed by atoms with Gasteiger partial charge in [-0.1, -0.05) is 52.0 Å². The van der Waals surface area contributed by atoms with E-state index in [0.29, 0.717) is 6.54 Å². The van der Waals surface area contributed by atoms with Crippen LogP contribution in [0.1, 0.15) is 43.1 Å². The molecule has 1 aromatic carbocycles. The summed E-state index contributed by atoms with van der Waals surface area (Å²) >= 11 is 1.80. The minimum atomic E-state index is 0.190. The average molecular weight is 288 g/mol. The number of benzene rings is 1. The van der Waals surface area contributed by atoms with Crippen LogP contribution in [0.2, 0.25) is 0 Å². The molecule has 2 rings (SSSR count). The molecule has 20 heavy (non-hydrogen) atoms. The molecule has 0 atom stereocenters. The second-order valence-electron chi connectivity index (χ2n) is 6.10. The van der Waals surface area contributed by atoms with Crippen LogP contribution >= 0.6 is 11.3 Å². The predicted octanol–water partition coefficient (Wildman–Crippen LogP) is 4.17. The van der Waals surface area contributed by atoms with E-state index in [1.807, 2.05) is 0 Å². The Labute approximate surface area is 126 Å². The van der Waals surface area contributed by atoms with Crippen molar-refractivity contribution in [2.24, 2.45) is 5.73 Å². The van der Waals surface area contributed by atoms with E-state index in [-0.39, 0.29) is 5.41 Å². The number of rotatable bonds is 4. The minimum Gasteiger partial charge on any atom is -0.330 e. The van der Waals surface area contributed by atoms with Crippen molar-refractivity contribution in [1.82, 2.24) is 4.98 Å². The fourth-order valence-corrected chi connectivity index (χ4v) is 3.25. The maximum absolute atomic E-state index is 5.72. The third-order valence-corrected chi connectivity index (χ3v) is 4.70. The third kappa shape index (κ3) is 3.28. The Kier molecular flexibility index (Phi) is 4.61. The molecule has 0 radical (unpaired) electrons. The number of thiazole rings is 1. The van der Waals surface area contributed by atoms with Crippen LogP contribution in [-0.2, 0) is 18.3 Å². The van der Waals surface area contributed by atoms with Gasteiger partial charge in [0.15, 0.2) is 0 Å². The topological polar surface area (TPSA) is 38.9 Å². The van der Waals surface area contributed by atoms with E-state index in [1.165, 1.54) is 21.0 Å². The molecule has 108 valence electrons. The highest BCUT2D eigenvalue weighted by Gasteiger charge is 2.15. The highest BCUT2D eigenvalue weighted by molar-refractivity contribution is 7.12. The lowest BCUT2D eigenvalue weighted by molar-refractivity contribution is 0.590. The van der Waals surface area contributed by atoms with Gasteiger partial charge in [-0.15, -0.1) is 11.3 Å². The van der Waals surface area contributed by atoms with Gasteiger partial charge in [-0.2, -0.15) is 0 Å². The molecule has 2 N–H and O–H groups in total. The van der Waals surface area contributed by atoms with Gasteiger partial charge in [-0.3, -0.25) is 0 Å². The number of hydrogen-bond acceptors (Lipinski definition) is 3. The lowest BCUT2D eigenvalue weighted by Crippen LogP contribution is -2.10. The Bertz CT molecular complexity index is 562. The first kappa shape index (κ1) is 15.2. The quantitative estimate of drug-likeness (QED) is 0.917. The zero-order valence-corrected chi connectivity index (χ0v) is 13.7. The molecular formula is C17H24N2S. The van der Waals surface area contributed by atoms with Gasteiger partial charge in [-0.05, 0) is 30.4 Å². The molecule has 0 aliphatic rings. The largest absolute Gasteiger partial charge is 0.330 e. The SMILES string of the molecule is CCc1nc(-c2ccc(C(C)(C)C)cc2)c(CCN)s1. The zero-order valence-electron chi connectivity index (χ0n) is 12.9. The highest BCUT2D eigenvalue weighted by atomic mass is 32.1. The summed E-state index contributed by atoms with van der Waals surface area (Å²) in [4.78, 5) is 6.09. The van der Waals surface area contributed by atoms with Crippen LogP contribution in [-0.4, -0.2) is 11.5 Å². The third-order valence-electron chi connectivity index (χ3n) is 3.44. The molecule has 2 aromatic rings. The first-order chi connectivity index (χ1) is 9.45. The van der Waals surface area contributed by atoms with E-state index < -0.39 is 0 Å². The molecule has 0 amide bonds. The van der Waals surface area contributed by atoms with E-state index in [1.54, 1.807) is 11.3 Å². The molecule has 0 fully saturated rings. The van der Waals surface area contributed by atoms with Gasteiger partial charge in [0.1, 0.15) is 0 Å². The highest BCUT2D eigenvalue weighted by Crippen LogP contribution is 2.31. The molecule has 3 heteroatoms. The van der Waals surface area contributed by atoms with Gasteiger partial charge in [0.25, 0.3) is 0 Å². The number of aromatic nitrogens is 1. The summed E-state index contributed by atoms with van der Waals surface area (Å²) in [6.07, 6.45) is 1.90. The molecular weight excluding hydrogens is 264 g/mol. The van der Waals surface area contributed by atoms with Crippen molar-refractivity contribution in [2.45, 2.75) is 46.0 Å². The van der Waals surface area contributed by atoms with Crippen molar-refractivity contribution in [3.63, 3.8) is 0 Å². The lowest BCUT2D eigenvalue weighted by Gasteiger charge is -2.19. The van der Waals surface area contributed by atoms with E-state index in [2.05, 4.69) is 52.0 Å². The number of nitrogens with zero attached hydrogens (tertiary/aromatic N) is 1. The summed E-state index contributed by atoms with van der Waals surface area (Å²) in [5.41, 5.74) is 9.59. The van der Waals surface area contributed by atoms with Crippen LogP contribution in [0.15, 0.2) is 24.3 Å². The summed E-state index contributed by atoms with van der Waals surface area (Å²) in [7, 11) is 0. The van der Waals surface area contributed by atoms with Gasteiger partial charge < -0.3 is 5.73 Å². The second-order valence-corrected chi connectivity index (χ2v) is 7.27. The molecule has 0 unspecified atom stereocenters. The minimum absolute atomic E-state index is 0.190. The van der Waals surface area contributed by atoms with Gasteiger partial charge in [0.05, 0.1) is 10.7 Å². The van der Waals surface area contributed by atoms with Crippen LogP contribution in [0.25, 0.3) is 11.3 Å². The van der Waals surface area contributed by atoms with E-state index in [9.17, 15) is 0 Å². The summed E-state index contributed by atoms with van der Waals surface area (Å²) < 4.78 is 0. The van der Waals surface area contributed by atoms with Crippen molar-refractivity contribution in [3.05, 3.63) is 39.7 Å². The maximum atomic E-state index is 5.72. The van der Waals surface area contributed by atoms with Crippen LogP contribution in [0.4, 0.5) is 0 Å². The molecule has 1 aromatic heterocycles. The Morgan fingerprint density at radius 3 is 2.30 bits per heavy atom. The Balaban J connectivity index is 2.38. The molecule has 0 saturated heterocycles. The van der Waals surface area contributed by atoms with Crippen molar-refractivity contribution in [1.29, 1.82) is 0 Å². The molecule has 0 spiro atoms. The van der Waals surface area contributed by atoms with E-state index >= 15 is 0 Å². The monoisotopic (exact) mass is 288 g/mol. The standard InChI is InChI=1S/C17H24N2S/c1-5-15-19-16(14(20-15)10-11-18)12-6-8-13(9-7-12)17(2,3)4/h6-9H,5,10-11,18H2,1-4H3. The van der Waals surface area contributed by atoms with Gasteiger partial charge in [-0.25, -0.2) is 4.98 Å². The maximum Gasteiger partial charge on any atom is 0.0932 e. The fourth-order valence-electron chi connectivity index (χ4n) is 2.21. The first-order valence-electron chi connectivity index (χ1n) is 7.25. The smallest absolute Gasteiger partial charge is 0.0932 e. The average Bonchev–Trinajstić information content (AvgIpc) is 2.82. The molecule has 0 bridgehead atoms. The Hall–Kier alpha value is -1.19. The van der Waals surface area contributed by atoms with Crippen molar-refractivity contribution in [3.8, 4) is 11.3 Å².